The van der Waals surface area contributed by atoms with Gasteiger partial charge in [0.2, 0.25) is 5.13 Å². The molecular formula is C25H20N10O2S. The van der Waals surface area contributed by atoms with Gasteiger partial charge in [0.25, 0.3) is 11.5 Å². The molecule has 0 aliphatic heterocycles. The molecule has 3 N–H and O–H groups in total. The zero-order chi connectivity index (χ0) is 26.4. The van der Waals surface area contributed by atoms with Gasteiger partial charge in [-0.15, -0.1) is 20.4 Å². The summed E-state index contributed by atoms with van der Waals surface area (Å²) < 4.78 is 4.78. The Balaban J connectivity index is 1.36. The maximum atomic E-state index is 13.4. The first kappa shape index (κ1) is 23.2. The van der Waals surface area contributed by atoms with Crippen molar-refractivity contribution in [3.63, 3.8) is 0 Å². The van der Waals surface area contributed by atoms with Crippen LogP contribution in [0.15, 0.2) is 71.5 Å². The Morgan fingerprint density at radius 3 is 2.42 bits per heavy atom. The predicted molar refractivity (Wildman–Crippen MR) is 143 cm³/mol. The molecule has 0 unspecified atom stereocenters. The Morgan fingerprint density at radius 1 is 0.974 bits per heavy atom. The van der Waals surface area contributed by atoms with Crippen LogP contribution in [0.5, 0.6) is 0 Å². The summed E-state index contributed by atoms with van der Waals surface area (Å²) in [6.45, 7) is 1.85. The van der Waals surface area contributed by atoms with Crippen molar-refractivity contribution < 1.29 is 4.79 Å². The number of benzene rings is 2. The first-order valence-corrected chi connectivity index (χ1v) is 12.3. The van der Waals surface area contributed by atoms with Crippen LogP contribution in [0.4, 0.5) is 10.9 Å². The quantitative estimate of drug-likeness (QED) is 0.349. The van der Waals surface area contributed by atoms with E-state index >= 15 is 0 Å². The highest BCUT2D eigenvalue weighted by Gasteiger charge is 2.23. The summed E-state index contributed by atoms with van der Waals surface area (Å²) >= 11 is 1.11. The van der Waals surface area contributed by atoms with Crippen molar-refractivity contribution >= 4 is 33.8 Å². The highest BCUT2D eigenvalue weighted by atomic mass is 32.1. The number of rotatable bonds is 5. The summed E-state index contributed by atoms with van der Waals surface area (Å²) in [5.41, 5.74) is 9.65. The lowest BCUT2D eigenvalue weighted by molar-refractivity contribution is 0.102. The van der Waals surface area contributed by atoms with Crippen LogP contribution in [0, 0.1) is 6.92 Å². The highest BCUT2D eigenvalue weighted by Crippen LogP contribution is 2.30. The smallest absolute Gasteiger partial charge is 0.281 e. The average molecular weight is 525 g/mol. The van der Waals surface area contributed by atoms with Crippen molar-refractivity contribution in [2.75, 3.05) is 11.1 Å². The number of carbonyl (C=O) groups is 1. The van der Waals surface area contributed by atoms with Crippen LogP contribution in [0.1, 0.15) is 16.1 Å². The van der Waals surface area contributed by atoms with Crippen LogP contribution >= 0.6 is 11.3 Å². The molecule has 38 heavy (non-hydrogen) atoms. The van der Waals surface area contributed by atoms with Crippen molar-refractivity contribution in [3.05, 3.63) is 88.3 Å². The maximum absolute atomic E-state index is 13.4. The lowest BCUT2D eigenvalue weighted by atomic mass is 10.2. The van der Waals surface area contributed by atoms with Crippen LogP contribution in [0.3, 0.4) is 0 Å². The van der Waals surface area contributed by atoms with Crippen molar-refractivity contribution in [1.29, 1.82) is 0 Å². The zero-order valence-electron chi connectivity index (χ0n) is 20.2. The van der Waals surface area contributed by atoms with Crippen molar-refractivity contribution in [2.45, 2.75) is 6.92 Å². The Kier molecular flexibility index (Phi) is 5.53. The standard InChI is InChI=1S/C25H20N10O2S/c1-14-19(24(37)35(33(14)2)16-11-7-4-8-12-16)17-13-18-28-29-20(21(26)34(18)32-17)23-30-31-25(38-23)27-22(36)15-9-5-3-6-10-15/h3-13H,26H2,1-2H3,(H,27,31,36). The second-order valence-electron chi connectivity index (χ2n) is 8.40. The van der Waals surface area contributed by atoms with E-state index in [0.717, 1.165) is 22.7 Å². The normalized spacial score (nSPS) is 11.2. The third-order valence-corrected chi connectivity index (χ3v) is 6.95. The van der Waals surface area contributed by atoms with Gasteiger partial charge in [0.1, 0.15) is 5.69 Å². The van der Waals surface area contributed by atoms with Crippen molar-refractivity contribution in [2.24, 2.45) is 7.05 Å². The molecule has 6 aromatic rings. The van der Waals surface area contributed by atoms with Gasteiger partial charge in [-0.2, -0.15) is 9.61 Å². The lowest BCUT2D eigenvalue weighted by Crippen LogP contribution is -2.20. The Labute approximate surface area is 219 Å². The van der Waals surface area contributed by atoms with E-state index < -0.39 is 0 Å². The van der Waals surface area contributed by atoms with E-state index in [0.29, 0.717) is 27.5 Å². The number of nitrogens with one attached hydrogen (secondary N) is 1. The predicted octanol–water partition coefficient (Wildman–Crippen LogP) is 2.94. The minimum atomic E-state index is -0.307. The molecule has 4 aromatic heterocycles. The summed E-state index contributed by atoms with van der Waals surface area (Å²) in [6, 6.07) is 19.8. The molecular weight excluding hydrogens is 504 g/mol. The van der Waals surface area contributed by atoms with Gasteiger partial charge in [0.05, 0.1) is 11.3 Å². The molecule has 0 saturated carbocycles. The number of nitrogen functional groups attached to an aromatic ring is 1. The summed E-state index contributed by atoms with van der Waals surface area (Å²) in [7, 11) is 1.82. The number of nitrogens with zero attached hydrogens (tertiary/aromatic N) is 8. The zero-order valence-corrected chi connectivity index (χ0v) is 21.0. The summed E-state index contributed by atoms with van der Waals surface area (Å²) in [4.78, 5) is 25.9. The van der Waals surface area contributed by atoms with E-state index in [1.54, 1.807) is 39.7 Å². The van der Waals surface area contributed by atoms with E-state index in [1.165, 1.54) is 4.52 Å². The molecule has 0 aliphatic carbocycles. The first-order chi connectivity index (χ1) is 18.4. The van der Waals surface area contributed by atoms with Crippen LogP contribution in [0.25, 0.3) is 33.3 Å². The average Bonchev–Trinajstić information content (AvgIpc) is 3.62. The number of nitrogens with two attached hydrogens (primary N) is 1. The summed E-state index contributed by atoms with van der Waals surface area (Å²) in [5, 5.41) is 24.6. The summed E-state index contributed by atoms with van der Waals surface area (Å²) in [6.07, 6.45) is 0. The lowest BCUT2D eigenvalue weighted by Gasteiger charge is -2.07. The SMILES string of the molecule is Cc1c(-c2cc3nnc(-c4nnc(NC(=O)c5ccccc5)s4)c(N)n3n2)c(=O)n(-c2ccccc2)n1C. The second kappa shape index (κ2) is 9.05. The minimum absolute atomic E-state index is 0.176. The van der Waals surface area contributed by atoms with Crippen LogP contribution in [0.2, 0.25) is 0 Å². The minimum Gasteiger partial charge on any atom is -0.382 e. The maximum Gasteiger partial charge on any atom is 0.281 e. The fourth-order valence-electron chi connectivity index (χ4n) is 4.14. The molecule has 0 radical (unpaired) electrons. The van der Waals surface area contributed by atoms with Gasteiger partial charge in [0, 0.05) is 24.4 Å². The van der Waals surface area contributed by atoms with Crippen LogP contribution in [-0.2, 0) is 7.05 Å². The van der Waals surface area contributed by atoms with E-state index in [-0.39, 0.29) is 28.1 Å². The Bertz CT molecular complexity index is 1870. The van der Waals surface area contributed by atoms with Crippen molar-refractivity contribution in [3.8, 4) is 27.6 Å². The Morgan fingerprint density at radius 2 is 1.68 bits per heavy atom. The first-order valence-electron chi connectivity index (χ1n) is 11.5. The van der Waals surface area contributed by atoms with E-state index in [1.807, 2.05) is 50.4 Å². The topological polar surface area (TPSA) is 151 Å². The number of amides is 1. The van der Waals surface area contributed by atoms with Crippen LogP contribution in [-0.4, -0.2) is 45.3 Å². The fourth-order valence-corrected chi connectivity index (χ4v) is 4.87. The number of hydrogen-bond donors (Lipinski definition) is 2. The number of fused-ring (bicyclic) bond motifs is 1. The third kappa shape index (κ3) is 3.81. The Hall–Kier alpha value is -5.17. The molecule has 12 nitrogen and oxygen atoms in total. The van der Waals surface area contributed by atoms with Crippen molar-refractivity contribution in [1.82, 2.24) is 39.4 Å². The largest absolute Gasteiger partial charge is 0.382 e. The molecule has 13 heteroatoms. The molecule has 0 saturated heterocycles. The van der Waals surface area contributed by atoms with Gasteiger partial charge in [0.15, 0.2) is 22.2 Å². The number of aromatic nitrogens is 8. The molecule has 6 rings (SSSR count). The fraction of sp³-hybridized carbons (Fsp3) is 0.0800. The van der Waals surface area contributed by atoms with Gasteiger partial charge < -0.3 is 5.73 Å². The second-order valence-corrected chi connectivity index (χ2v) is 9.38. The molecule has 0 spiro atoms. The molecule has 1 amide bonds. The number of anilines is 2. The highest BCUT2D eigenvalue weighted by molar-refractivity contribution is 7.18. The van der Waals surface area contributed by atoms with E-state index in [9.17, 15) is 9.59 Å². The van der Waals surface area contributed by atoms with Gasteiger partial charge in [-0.25, -0.2) is 4.68 Å². The molecule has 4 heterocycles. The molecule has 0 atom stereocenters. The van der Waals surface area contributed by atoms with Gasteiger partial charge in [-0.1, -0.05) is 47.7 Å². The molecule has 0 bridgehead atoms. The number of hydrogen-bond acceptors (Lipinski definition) is 9. The molecule has 188 valence electrons. The summed E-state index contributed by atoms with van der Waals surface area (Å²) in [5.74, 6) is -0.130. The van der Waals surface area contributed by atoms with Gasteiger partial charge >= 0.3 is 0 Å². The number of carbonyl (C=O) groups excluding carboxylic acids is 1. The van der Waals surface area contributed by atoms with E-state index in [4.69, 9.17) is 5.73 Å². The molecule has 0 aliphatic rings. The van der Waals surface area contributed by atoms with Gasteiger partial charge in [-0.05, 0) is 31.2 Å². The molecule has 0 fully saturated rings. The van der Waals surface area contributed by atoms with Gasteiger partial charge in [-0.3, -0.25) is 19.6 Å². The molecule has 2 aromatic carbocycles. The van der Waals surface area contributed by atoms with E-state index in [2.05, 4.69) is 30.8 Å². The monoisotopic (exact) mass is 524 g/mol. The van der Waals surface area contributed by atoms with Crippen LogP contribution < -0.4 is 16.6 Å². The third-order valence-electron chi connectivity index (χ3n) is 6.11. The number of para-hydroxylation sites is 1.